The molecule has 0 bridgehead atoms. The van der Waals surface area contributed by atoms with E-state index in [1.807, 2.05) is 36.2 Å². The maximum Gasteiger partial charge on any atom is 0.236 e. The summed E-state index contributed by atoms with van der Waals surface area (Å²) in [6.07, 6.45) is 2.19. The number of hydrogen-bond acceptors (Lipinski definition) is 4. The van der Waals surface area contributed by atoms with Crippen molar-refractivity contribution in [2.45, 2.75) is 25.4 Å². The number of rotatable bonds is 7. The number of methoxy groups -OCH3 is 2. The van der Waals surface area contributed by atoms with Crippen LogP contribution in [0.2, 0.25) is 0 Å². The fraction of sp³-hybridized carbons (Fsp3) is 0.346. The zero-order valence-electron chi connectivity index (χ0n) is 18.5. The molecule has 1 aliphatic rings. The summed E-state index contributed by atoms with van der Waals surface area (Å²) in [5, 5.41) is 2.29. The van der Waals surface area contributed by atoms with Crippen LogP contribution >= 0.6 is 0 Å². The monoisotopic (exact) mass is 418 g/mol. The molecule has 5 nitrogen and oxygen atoms in total. The van der Waals surface area contributed by atoms with Crippen molar-refractivity contribution in [2.24, 2.45) is 0 Å². The van der Waals surface area contributed by atoms with Gasteiger partial charge in [-0.3, -0.25) is 9.69 Å². The van der Waals surface area contributed by atoms with Gasteiger partial charge in [-0.1, -0.05) is 30.3 Å². The van der Waals surface area contributed by atoms with E-state index in [9.17, 15) is 4.79 Å². The Kier molecular flexibility index (Phi) is 6.42. The highest BCUT2D eigenvalue weighted by Gasteiger charge is 2.28. The fourth-order valence-corrected chi connectivity index (χ4v) is 4.37. The molecule has 0 aliphatic carbocycles. The molecule has 1 atom stereocenters. The number of carbonyl (C=O) groups is 1. The Morgan fingerprint density at radius 1 is 0.968 bits per heavy atom. The summed E-state index contributed by atoms with van der Waals surface area (Å²) in [5.74, 6) is 1.86. The van der Waals surface area contributed by atoms with Gasteiger partial charge in [0.25, 0.3) is 0 Å². The van der Waals surface area contributed by atoms with Gasteiger partial charge >= 0.3 is 0 Å². The third-order valence-electron chi connectivity index (χ3n) is 6.16. The maximum atomic E-state index is 13.0. The summed E-state index contributed by atoms with van der Waals surface area (Å²) < 4.78 is 10.6. The Labute approximate surface area is 184 Å². The Morgan fingerprint density at radius 2 is 1.65 bits per heavy atom. The van der Waals surface area contributed by atoms with Crippen LogP contribution in [0.15, 0.2) is 60.7 Å². The third-order valence-corrected chi connectivity index (χ3v) is 6.16. The number of fused-ring (bicyclic) bond motifs is 1. The second-order valence-corrected chi connectivity index (χ2v) is 8.20. The van der Waals surface area contributed by atoms with Crippen molar-refractivity contribution in [2.75, 3.05) is 34.4 Å². The van der Waals surface area contributed by atoms with E-state index in [1.54, 1.807) is 14.2 Å². The topological polar surface area (TPSA) is 42.0 Å². The lowest BCUT2D eigenvalue weighted by atomic mass is 10.0. The van der Waals surface area contributed by atoms with E-state index in [0.29, 0.717) is 19.1 Å². The van der Waals surface area contributed by atoms with Crippen molar-refractivity contribution >= 4 is 16.7 Å². The van der Waals surface area contributed by atoms with Crippen LogP contribution in [-0.4, -0.2) is 50.1 Å². The zero-order chi connectivity index (χ0) is 21.8. The van der Waals surface area contributed by atoms with Crippen molar-refractivity contribution in [1.29, 1.82) is 0 Å². The third kappa shape index (κ3) is 4.83. The molecule has 1 heterocycles. The first-order valence-corrected chi connectivity index (χ1v) is 10.8. The predicted molar refractivity (Wildman–Crippen MR) is 124 cm³/mol. The molecule has 1 saturated heterocycles. The van der Waals surface area contributed by atoms with E-state index in [2.05, 4.69) is 41.3 Å². The van der Waals surface area contributed by atoms with Gasteiger partial charge in [0.1, 0.15) is 11.5 Å². The minimum absolute atomic E-state index is 0.148. The number of carbonyl (C=O) groups excluding carboxylic acids is 1. The standard InChI is InChI=1S/C26H30N2O3/c1-27(17-19-6-7-22-16-24(31-3)13-10-21(22)15-19)26(29)18-28-14-4-5-25(28)20-8-11-23(30-2)12-9-20/h6-13,15-16,25H,4-5,14,17-18H2,1-3H3. The first-order valence-electron chi connectivity index (χ1n) is 10.8. The summed E-state index contributed by atoms with van der Waals surface area (Å²) in [5.41, 5.74) is 2.38. The highest BCUT2D eigenvalue weighted by Crippen LogP contribution is 2.32. The number of amides is 1. The van der Waals surface area contributed by atoms with Crippen LogP contribution in [0.5, 0.6) is 11.5 Å². The highest BCUT2D eigenvalue weighted by atomic mass is 16.5. The van der Waals surface area contributed by atoms with Crippen LogP contribution in [-0.2, 0) is 11.3 Å². The van der Waals surface area contributed by atoms with Gasteiger partial charge in [-0.25, -0.2) is 0 Å². The van der Waals surface area contributed by atoms with E-state index in [4.69, 9.17) is 9.47 Å². The number of likely N-dealkylation sites (tertiary alicyclic amines) is 1. The lowest BCUT2D eigenvalue weighted by Gasteiger charge is -2.27. The second kappa shape index (κ2) is 9.40. The molecule has 0 saturated carbocycles. The molecule has 0 N–H and O–H groups in total. The van der Waals surface area contributed by atoms with Crippen LogP contribution < -0.4 is 9.47 Å². The number of ether oxygens (including phenoxy) is 2. The Morgan fingerprint density at radius 3 is 2.39 bits per heavy atom. The molecular weight excluding hydrogens is 388 g/mol. The molecule has 0 radical (unpaired) electrons. The Bertz CT molecular complexity index is 1050. The van der Waals surface area contributed by atoms with Crippen molar-refractivity contribution in [3.63, 3.8) is 0 Å². The van der Waals surface area contributed by atoms with Crippen LogP contribution in [0.25, 0.3) is 10.8 Å². The molecule has 31 heavy (non-hydrogen) atoms. The quantitative estimate of drug-likeness (QED) is 0.560. The molecule has 3 aromatic rings. The summed E-state index contributed by atoms with van der Waals surface area (Å²) in [7, 11) is 5.24. The van der Waals surface area contributed by atoms with E-state index >= 15 is 0 Å². The molecule has 0 spiro atoms. The SMILES string of the molecule is COc1ccc(C2CCCN2CC(=O)N(C)Cc2ccc3cc(OC)ccc3c2)cc1. The molecule has 5 heteroatoms. The minimum Gasteiger partial charge on any atom is -0.497 e. The lowest BCUT2D eigenvalue weighted by Crippen LogP contribution is -2.37. The van der Waals surface area contributed by atoms with Gasteiger partial charge in [0, 0.05) is 19.6 Å². The number of hydrogen-bond donors (Lipinski definition) is 0. The average Bonchev–Trinajstić information content (AvgIpc) is 3.26. The number of likely N-dealkylation sites (N-methyl/N-ethyl adjacent to an activating group) is 1. The smallest absolute Gasteiger partial charge is 0.236 e. The summed E-state index contributed by atoms with van der Waals surface area (Å²) in [6, 6.07) is 20.9. The molecule has 0 aromatic heterocycles. The van der Waals surface area contributed by atoms with Gasteiger partial charge in [-0.05, 0) is 71.6 Å². The highest BCUT2D eigenvalue weighted by molar-refractivity contribution is 5.84. The van der Waals surface area contributed by atoms with Gasteiger partial charge in [-0.2, -0.15) is 0 Å². The summed E-state index contributed by atoms with van der Waals surface area (Å²) in [6.45, 7) is 1.99. The van der Waals surface area contributed by atoms with E-state index in [-0.39, 0.29) is 5.91 Å². The predicted octanol–water partition coefficient (Wildman–Crippen LogP) is 4.65. The number of nitrogens with zero attached hydrogens (tertiary/aromatic N) is 2. The summed E-state index contributed by atoms with van der Waals surface area (Å²) in [4.78, 5) is 17.1. The second-order valence-electron chi connectivity index (χ2n) is 8.20. The molecule has 3 aromatic carbocycles. The lowest BCUT2D eigenvalue weighted by molar-refractivity contribution is -0.131. The first kappa shape index (κ1) is 21.2. The maximum absolute atomic E-state index is 13.0. The number of benzene rings is 3. The molecule has 1 aliphatic heterocycles. The van der Waals surface area contributed by atoms with Crippen LogP contribution in [0.3, 0.4) is 0 Å². The fourth-order valence-electron chi connectivity index (χ4n) is 4.37. The zero-order valence-corrected chi connectivity index (χ0v) is 18.5. The molecule has 4 rings (SSSR count). The van der Waals surface area contributed by atoms with E-state index in [1.165, 1.54) is 5.56 Å². The molecular formula is C26H30N2O3. The van der Waals surface area contributed by atoms with Crippen LogP contribution in [0.4, 0.5) is 0 Å². The largest absolute Gasteiger partial charge is 0.497 e. The minimum atomic E-state index is 0.148. The van der Waals surface area contributed by atoms with Crippen molar-refractivity contribution in [3.05, 3.63) is 71.8 Å². The van der Waals surface area contributed by atoms with Gasteiger partial charge in [0.05, 0.1) is 20.8 Å². The van der Waals surface area contributed by atoms with Crippen LogP contribution in [0.1, 0.15) is 30.0 Å². The van der Waals surface area contributed by atoms with Gasteiger partial charge < -0.3 is 14.4 Å². The van der Waals surface area contributed by atoms with E-state index < -0.39 is 0 Å². The molecule has 1 fully saturated rings. The summed E-state index contributed by atoms with van der Waals surface area (Å²) >= 11 is 0. The molecule has 162 valence electrons. The van der Waals surface area contributed by atoms with E-state index in [0.717, 1.165) is 47.2 Å². The van der Waals surface area contributed by atoms with Gasteiger partial charge in [-0.15, -0.1) is 0 Å². The van der Waals surface area contributed by atoms with Gasteiger partial charge in [0.2, 0.25) is 5.91 Å². The Hall–Kier alpha value is -3.05. The van der Waals surface area contributed by atoms with Crippen molar-refractivity contribution in [3.8, 4) is 11.5 Å². The van der Waals surface area contributed by atoms with Crippen molar-refractivity contribution in [1.82, 2.24) is 9.80 Å². The average molecular weight is 419 g/mol. The van der Waals surface area contributed by atoms with Crippen LogP contribution in [0, 0.1) is 0 Å². The molecule has 1 amide bonds. The van der Waals surface area contributed by atoms with Crippen molar-refractivity contribution < 1.29 is 14.3 Å². The first-order chi connectivity index (χ1) is 15.1. The van der Waals surface area contributed by atoms with Gasteiger partial charge in [0.15, 0.2) is 0 Å². The Balaban J connectivity index is 1.40. The normalized spacial score (nSPS) is 16.4. The molecule has 1 unspecified atom stereocenters.